The van der Waals surface area contributed by atoms with Gasteiger partial charge in [0.15, 0.2) is 6.61 Å². The van der Waals surface area contributed by atoms with Crippen LogP contribution in [-0.4, -0.2) is 36.5 Å². The maximum Gasteiger partial charge on any atom is 0.416 e. The number of anilines is 1. The summed E-state index contributed by atoms with van der Waals surface area (Å²) in [6, 6.07) is 13.1. The molecular formula is C20H19F3N2O3. The van der Waals surface area contributed by atoms with Gasteiger partial charge >= 0.3 is 6.18 Å². The quantitative estimate of drug-likeness (QED) is 0.753. The molecule has 2 aromatic carbocycles. The Balaban J connectivity index is 1.82. The lowest BCUT2D eigenvalue weighted by Crippen LogP contribution is -2.44. The van der Waals surface area contributed by atoms with Crippen molar-refractivity contribution < 1.29 is 27.5 Å². The molecule has 0 N–H and O–H groups in total. The third kappa shape index (κ3) is 4.82. The van der Waals surface area contributed by atoms with Gasteiger partial charge in [0, 0.05) is 18.7 Å². The second kappa shape index (κ2) is 8.33. The largest absolute Gasteiger partial charge is 0.484 e. The zero-order chi connectivity index (χ0) is 20.1. The van der Waals surface area contributed by atoms with Crippen molar-refractivity contribution in [2.75, 3.05) is 24.7 Å². The molecule has 1 aliphatic rings. The molecule has 2 aromatic rings. The number of para-hydroxylation sites is 1. The van der Waals surface area contributed by atoms with Crippen molar-refractivity contribution in [2.24, 2.45) is 0 Å². The van der Waals surface area contributed by atoms with Crippen LogP contribution in [0.5, 0.6) is 5.75 Å². The van der Waals surface area contributed by atoms with Crippen LogP contribution in [0.2, 0.25) is 0 Å². The van der Waals surface area contributed by atoms with E-state index in [9.17, 15) is 22.8 Å². The summed E-state index contributed by atoms with van der Waals surface area (Å²) in [7, 11) is 0. The van der Waals surface area contributed by atoms with Gasteiger partial charge in [0.1, 0.15) is 12.4 Å². The van der Waals surface area contributed by atoms with E-state index < -0.39 is 17.6 Å². The molecule has 1 saturated heterocycles. The van der Waals surface area contributed by atoms with E-state index in [1.807, 2.05) is 0 Å². The second-order valence-electron chi connectivity index (χ2n) is 6.37. The van der Waals surface area contributed by atoms with Gasteiger partial charge in [-0.3, -0.25) is 14.5 Å². The lowest BCUT2D eigenvalue weighted by molar-refractivity contribution is -0.137. The predicted octanol–water partition coefficient (Wildman–Crippen LogP) is 3.70. The summed E-state index contributed by atoms with van der Waals surface area (Å²) in [5, 5.41) is 0. The molecular weight excluding hydrogens is 373 g/mol. The van der Waals surface area contributed by atoms with E-state index in [4.69, 9.17) is 4.74 Å². The molecule has 148 valence electrons. The Labute approximate surface area is 160 Å². The molecule has 0 spiro atoms. The third-order valence-corrected chi connectivity index (χ3v) is 4.38. The van der Waals surface area contributed by atoms with Crippen molar-refractivity contribution in [3.8, 4) is 5.75 Å². The smallest absolute Gasteiger partial charge is 0.416 e. The summed E-state index contributed by atoms with van der Waals surface area (Å²) in [6.45, 7) is -0.0134. The minimum atomic E-state index is -4.53. The molecule has 5 nitrogen and oxygen atoms in total. The molecule has 1 fully saturated rings. The van der Waals surface area contributed by atoms with Gasteiger partial charge < -0.3 is 9.64 Å². The highest BCUT2D eigenvalue weighted by Gasteiger charge is 2.32. The highest BCUT2D eigenvalue weighted by atomic mass is 19.4. The molecule has 1 aliphatic heterocycles. The number of rotatable bonds is 6. The molecule has 28 heavy (non-hydrogen) atoms. The zero-order valence-corrected chi connectivity index (χ0v) is 15.0. The molecule has 0 bridgehead atoms. The van der Waals surface area contributed by atoms with E-state index in [2.05, 4.69) is 0 Å². The molecule has 0 saturated carbocycles. The van der Waals surface area contributed by atoms with Crippen LogP contribution in [0.15, 0.2) is 54.6 Å². The third-order valence-electron chi connectivity index (χ3n) is 4.38. The van der Waals surface area contributed by atoms with Gasteiger partial charge in [-0.25, -0.2) is 0 Å². The first-order chi connectivity index (χ1) is 13.3. The minimum absolute atomic E-state index is 0.0659. The van der Waals surface area contributed by atoms with Crippen LogP contribution in [0.3, 0.4) is 0 Å². The van der Waals surface area contributed by atoms with E-state index in [1.165, 1.54) is 17.0 Å². The van der Waals surface area contributed by atoms with Crippen molar-refractivity contribution >= 4 is 17.5 Å². The average molecular weight is 392 g/mol. The Bertz CT molecular complexity index is 840. The number of alkyl halides is 3. The van der Waals surface area contributed by atoms with Crippen molar-refractivity contribution in [3.05, 3.63) is 60.2 Å². The molecule has 0 aliphatic carbocycles. The fourth-order valence-corrected chi connectivity index (χ4v) is 2.92. The first-order valence-electron chi connectivity index (χ1n) is 8.78. The number of hydrogen-bond donors (Lipinski definition) is 0. The van der Waals surface area contributed by atoms with Crippen LogP contribution in [0.4, 0.5) is 18.9 Å². The second-order valence-corrected chi connectivity index (χ2v) is 6.37. The first kappa shape index (κ1) is 19.7. The highest BCUT2D eigenvalue weighted by Crippen LogP contribution is 2.32. The Morgan fingerprint density at radius 3 is 2.50 bits per heavy atom. The fourth-order valence-electron chi connectivity index (χ4n) is 2.92. The fraction of sp³-hybridized carbons (Fsp3) is 0.300. The van der Waals surface area contributed by atoms with Crippen molar-refractivity contribution in [1.29, 1.82) is 0 Å². The topological polar surface area (TPSA) is 49.9 Å². The molecule has 1 heterocycles. The predicted molar refractivity (Wildman–Crippen MR) is 96.7 cm³/mol. The summed E-state index contributed by atoms with van der Waals surface area (Å²) in [5.41, 5.74) is -0.796. The van der Waals surface area contributed by atoms with Crippen LogP contribution >= 0.6 is 0 Å². The number of hydrogen-bond acceptors (Lipinski definition) is 3. The maximum atomic E-state index is 13.1. The van der Waals surface area contributed by atoms with Gasteiger partial charge in [0.2, 0.25) is 5.91 Å². The number of amides is 2. The van der Waals surface area contributed by atoms with E-state index in [-0.39, 0.29) is 24.9 Å². The summed E-state index contributed by atoms with van der Waals surface area (Å²) in [6.07, 6.45) is -3.51. The van der Waals surface area contributed by atoms with Crippen LogP contribution in [0.25, 0.3) is 0 Å². The van der Waals surface area contributed by atoms with Gasteiger partial charge in [-0.15, -0.1) is 0 Å². The lowest BCUT2D eigenvalue weighted by Gasteiger charge is -2.28. The Hall–Kier alpha value is -3.03. The molecule has 0 atom stereocenters. The van der Waals surface area contributed by atoms with Gasteiger partial charge in [-0.05, 0) is 36.8 Å². The van der Waals surface area contributed by atoms with Crippen LogP contribution in [-0.2, 0) is 15.8 Å². The first-order valence-corrected chi connectivity index (χ1v) is 8.78. The van der Waals surface area contributed by atoms with Gasteiger partial charge in [0.25, 0.3) is 5.91 Å². The normalized spacial score (nSPS) is 14.2. The van der Waals surface area contributed by atoms with E-state index in [0.717, 1.165) is 17.0 Å². The number of ether oxygens (including phenoxy) is 1. The van der Waals surface area contributed by atoms with Gasteiger partial charge in [-0.1, -0.05) is 24.3 Å². The summed E-state index contributed by atoms with van der Waals surface area (Å²) in [4.78, 5) is 27.3. The number of carbonyl (C=O) groups excluding carboxylic acids is 2. The molecule has 0 aromatic heterocycles. The molecule has 0 unspecified atom stereocenters. The SMILES string of the molecule is O=C1CCCN1CN(C(=O)COc1ccccc1)c1cccc(C(F)(F)F)c1. The zero-order valence-electron chi connectivity index (χ0n) is 15.0. The van der Waals surface area contributed by atoms with Gasteiger partial charge in [-0.2, -0.15) is 13.2 Å². The number of benzene rings is 2. The van der Waals surface area contributed by atoms with Gasteiger partial charge in [0.05, 0.1) is 5.56 Å². The average Bonchev–Trinajstić information content (AvgIpc) is 3.09. The van der Waals surface area contributed by atoms with E-state index in [0.29, 0.717) is 25.1 Å². The number of carbonyl (C=O) groups is 2. The van der Waals surface area contributed by atoms with E-state index in [1.54, 1.807) is 30.3 Å². The molecule has 0 radical (unpaired) electrons. The molecule has 2 amide bonds. The molecule has 3 rings (SSSR count). The Kier molecular flexibility index (Phi) is 5.87. The monoisotopic (exact) mass is 392 g/mol. The van der Waals surface area contributed by atoms with Crippen LogP contribution < -0.4 is 9.64 Å². The minimum Gasteiger partial charge on any atom is -0.484 e. The lowest BCUT2D eigenvalue weighted by atomic mass is 10.2. The number of likely N-dealkylation sites (tertiary alicyclic amines) is 1. The van der Waals surface area contributed by atoms with Crippen molar-refractivity contribution in [3.63, 3.8) is 0 Å². The Morgan fingerprint density at radius 2 is 1.86 bits per heavy atom. The number of halogens is 3. The van der Waals surface area contributed by atoms with E-state index >= 15 is 0 Å². The summed E-state index contributed by atoms with van der Waals surface area (Å²) in [5.74, 6) is -0.200. The standard InChI is InChI=1S/C20H19F3N2O3/c21-20(22,23)15-6-4-7-16(12-15)25(14-24-11-5-10-18(24)26)19(27)13-28-17-8-2-1-3-9-17/h1-4,6-9,12H,5,10-11,13-14H2. The van der Waals surface area contributed by atoms with Crippen molar-refractivity contribution in [2.45, 2.75) is 19.0 Å². The summed E-state index contributed by atoms with van der Waals surface area (Å²) < 4.78 is 44.7. The van der Waals surface area contributed by atoms with Crippen LogP contribution in [0, 0.1) is 0 Å². The summed E-state index contributed by atoms with van der Waals surface area (Å²) >= 11 is 0. The maximum absolute atomic E-state index is 13.1. The Morgan fingerprint density at radius 1 is 1.11 bits per heavy atom. The van der Waals surface area contributed by atoms with Crippen LogP contribution in [0.1, 0.15) is 18.4 Å². The van der Waals surface area contributed by atoms with Crippen molar-refractivity contribution in [1.82, 2.24) is 4.90 Å². The number of nitrogens with zero attached hydrogens (tertiary/aromatic N) is 2. The molecule has 8 heteroatoms. The highest BCUT2D eigenvalue weighted by molar-refractivity contribution is 5.95.